The monoisotopic (exact) mass is 302 g/mol. The van der Waals surface area contributed by atoms with Crippen molar-refractivity contribution in [2.24, 2.45) is 0 Å². The number of benzene rings is 1. The van der Waals surface area contributed by atoms with Gasteiger partial charge in [0.05, 0.1) is 0 Å². The van der Waals surface area contributed by atoms with E-state index >= 15 is 0 Å². The molecule has 0 saturated carbocycles. The highest BCUT2D eigenvalue weighted by Gasteiger charge is 2.18. The molecule has 2 N–H and O–H groups in total. The van der Waals surface area contributed by atoms with E-state index in [2.05, 4.69) is 9.97 Å². The number of rotatable bonds is 2. The van der Waals surface area contributed by atoms with Crippen LogP contribution in [0.4, 0.5) is 8.78 Å². The summed E-state index contributed by atoms with van der Waals surface area (Å²) in [5.41, 5.74) is -0.496. The number of hydrogen-bond donors (Lipinski definition) is 2. The Morgan fingerprint density at radius 1 is 1.18 bits per heavy atom. The van der Waals surface area contributed by atoms with Gasteiger partial charge in [0.25, 0.3) is 0 Å². The first-order valence-electron chi connectivity index (χ1n) is 6.15. The van der Waals surface area contributed by atoms with Crippen LogP contribution in [0, 0.1) is 11.8 Å². The zero-order valence-electron chi connectivity index (χ0n) is 10.9. The molecular formula is C15H8F2N2O3. The zero-order chi connectivity index (χ0) is 15.9. The number of phenolic OH excluding ortho intramolecular Hbond substituents is 1. The molecule has 2 aromatic heterocycles. The van der Waals surface area contributed by atoms with E-state index in [1.54, 1.807) is 12.1 Å². The summed E-state index contributed by atoms with van der Waals surface area (Å²) >= 11 is 0. The molecule has 0 amide bonds. The molecule has 0 radical (unpaired) electrons. The van der Waals surface area contributed by atoms with Crippen molar-refractivity contribution in [1.82, 2.24) is 9.97 Å². The minimum Gasteiger partial charge on any atom is -0.506 e. The maximum Gasteiger partial charge on any atom is 0.354 e. The van der Waals surface area contributed by atoms with Crippen LogP contribution < -0.4 is 0 Å². The number of pyridine rings is 2. The smallest absolute Gasteiger partial charge is 0.354 e. The van der Waals surface area contributed by atoms with Crippen molar-refractivity contribution in [2.45, 2.75) is 0 Å². The van der Waals surface area contributed by atoms with Gasteiger partial charge < -0.3 is 10.2 Å². The van der Waals surface area contributed by atoms with Gasteiger partial charge in [-0.15, -0.1) is 0 Å². The fourth-order valence-corrected chi connectivity index (χ4v) is 2.15. The van der Waals surface area contributed by atoms with E-state index in [9.17, 15) is 18.7 Å². The summed E-state index contributed by atoms with van der Waals surface area (Å²) in [7, 11) is 0. The molecule has 0 saturated heterocycles. The summed E-state index contributed by atoms with van der Waals surface area (Å²) < 4.78 is 27.4. The number of fused-ring (bicyclic) bond motifs is 1. The molecule has 1 aromatic carbocycles. The highest BCUT2D eigenvalue weighted by molar-refractivity contribution is 5.91. The Hall–Kier alpha value is -3.09. The first kappa shape index (κ1) is 13.9. The van der Waals surface area contributed by atoms with Crippen molar-refractivity contribution in [1.29, 1.82) is 0 Å². The standard InChI is InChI=1S/C15H8F2N2O3/c16-12-9(6-10(15(21)22)19-14(12)17)8-4-7-2-1-3-18-13(7)11(20)5-8/h1-6,20H,(H,21,22). The summed E-state index contributed by atoms with van der Waals surface area (Å²) in [5.74, 6) is -4.50. The molecule has 110 valence electrons. The van der Waals surface area contributed by atoms with Crippen molar-refractivity contribution in [3.05, 3.63) is 54.0 Å². The molecule has 2 heterocycles. The normalized spacial score (nSPS) is 10.8. The first-order chi connectivity index (χ1) is 10.5. The summed E-state index contributed by atoms with van der Waals surface area (Å²) in [4.78, 5) is 17.9. The number of hydrogen-bond acceptors (Lipinski definition) is 4. The molecule has 0 aliphatic carbocycles. The summed E-state index contributed by atoms with van der Waals surface area (Å²) in [5, 5.41) is 19.3. The lowest BCUT2D eigenvalue weighted by Gasteiger charge is -2.08. The van der Waals surface area contributed by atoms with Gasteiger partial charge in [-0.1, -0.05) is 6.07 Å². The molecule has 7 heteroatoms. The van der Waals surface area contributed by atoms with E-state index in [4.69, 9.17) is 5.11 Å². The van der Waals surface area contributed by atoms with Gasteiger partial charge in [0.15, 0.2) is 11.5 Å². The van der Waals surface area contributed by atoms with Crippen LogP contribution in [0.25, 0.3) is 22.0 Å². The van der Waals surface area contributed by atoms with Gasteiger partial charge in [0.2, 0.25) is 5.95 Å². The van der Waals surface area contributed by atoms with Gasteiger partial charge in [-0.05, 0) is 29.8 Å². The number of nitrogens with zero attached hydrogens (tertiary/aromatic N) is 2. The lowest BCUT2D eigenvalue weighted by molar-refractivity contribution is 0.0689. The van der Waals surface area contributed by atoms with E-state index in [1.807, 2.05) is 0 Å². The number of halogens is 2. The zero-order valence-corrected chi connectivity index (χ0v) is 10.9. The molecule has 0 spiro atoms. The summed E-state index contributed by atoms with van der Waals surface area (Å²) in [6.45, 7) is 0. The molecule has 0 bridgehead atoms. The van der Waals surface area contributed by atoms with E-state index in [-0.39, 0.29) is 16.9 Å². The molecule has 0 aliphatic heterocycles. The van der Waals surface area contributed by atoms with Crippen LogP contribution in [-0.2, 0) is 0 Å². The number of carboxylic acid groups (broad SMARTS) is 1. The number of aromatic nitrogens is 2. The van der Waals surface area contributed by atoms with Crippen LogP contribution in [0.1, 0.15) is 10.5 Å². The Balaban J connectivity index is 2.29. The van der Waals surface area contributed by atoms with Crippen molar-refractivity contribution >= 4 is 16.9 Å². The van der Waals surface area contributed by atoms with Gasteiger partial charge >= 0.3 is 5.97 Å². The number of aromatic carboxylic acids is 1. The van der Waals surface area contributed by atoms with E-state index < -0.39 is 23.4 Å². The molecule has 0 unspecified atom stereocenters. The third kappa shape index (κ3) is 2.22. The second-order valence-electron chi connectivity index (χ2n) is 4.54. The van der Waals surface area contributed by atoms with Crippen LogP contribution in [0.3, 0.4) is 0 Å². The molecule has 0 atom stereocenters. The van der Waals surface area contributed by atoms with Crippen LogP contribution in [-0.4, -0.2) is 26.2 Å². The van der Waals surface area contributed by atoms with Gasteiger partial charge in [-0.3, -0.25) is 4.98 Å². The molecule has 3 rings (SSSR count). The quantitative estimate of drug-likeness (QED) is 0.711. The molecule has 5 nitrogen and oxygen atoms in total. The number of carboxylic acids is 1. The Labute approximate surface area is 122 Å². The SMILES string of the molecule is O=C(O)c1cc(-c2cc(O)c3ncccc3c2)c(F)c(F)n1. The van der Waals surface area contributed by atoms with Crippen LogP contribution in [0.5, 0.6) is 5.75 Å². The second kappa shape index (κ2) is 5.03. The van der Waals surface area contributed by atoms with Crippen molar-refractivity contribution in [3.63, 3.8) is 0 Å². The number of aromatic hydroxyl groups is 1. The number of carbonyl (C=O) groups is 1. The highest BCUT2D eigenvalue weighted by Crippen LogP contribution is 2.32. The molecule has 0 fully saturated rings. The highest BCUT2D eigenvalue weighted by atomic mass is 19.2. The average molecular weight is 302 g/mol. The summed E-state index contributed by atoms with van der Waals surface area (Å²) in [6, 6.07) is 6.85. The van der Waals surface area contributed by atoms with Gasteiger partial charge in [0, 0.05) is 17.1 Å². The van der Waals surface area contributed by atoms with Gasteiger partial charge in [-0.25, -0.2) is 14.2 Å². The van der Waals surface area contributed by atoms with Crippen molar-refractivity contribution in [2.75, 3.05) is 0 Å². The predicted molar refractivity (Wildman–Crippen MR) is 73.5 cm³/mol. The van der Waals surface area contributed by atoms with Gasteiger partial charge in [-0.2, -0.15) is 4.39 Å². The lowest BCUT2D eigenvalue weighted by Crippen LogP contribution is -2.05. The minimum atomic E-state index is -1.51. The second-order valence-corrected chi connectivity index (χ2v) is 4.54. The van der Waals surface area contributed by atoms with Crippen LogP contribution >= 0.6 is 0 Å². The lowest BCUT2D eigenvalue weighted by atomic mass is 10.0. The first-order valence-corrected chi connectivity index (χ1v) is 6.15. The maximum atomic E-state index is 13.9. The van der Waals surface area contributed by atoms with Crippen LogP contribution in [0.15, 0.2) is 36.5 Å². The van der Waals surface area contributed by atoms with Crippen molar-refractivity contribution < 1.29 is 23.8 Å². The minimum absolute atomic E-state index is 0.124. The molecular weight excluding hydrogens is 294 g/mol. The van der Waals surface area contributed by atoms with Gasteiger partial charge in [0.1, 0.15) is 11.3 Å². The van der Waals surface area contributed by atoms with Crippen LogP contribution in [0.2, 0.25) is 0 Å². The third-order valence-electron chi connectivity index (χ3n) is 3.13. The fourth-order valence-electron chi connectivity index (χ4n) is 2.15. The molecule has 22 heavy (non-hydrogen) atoms. The van der Waals surface area contributed by atoms with E-state index in [1.165, 1.54) is 18.3 Å². The van der Waals surface area contributed by atoms with E-state index in [0.29, 0.717) is 10.9 Å². The average Bonchev–Trinajstić information content (AvgIpc) is 2.49. The predicted octanol–water partition coefficient (Wildman–Crippen LogP) is 2.98. The Bertz CT molecular complexity index is 913. The van der Waals surface area contributed by atoms with Crippen molar-refractivity contribution in [3.8, 4) is 16.9 Å². The fraction of sp³-hybridized carbons (Fsp3) is 0. The third-order valence-corrected chi connectivity index (χ3v) is 3.13. The van der Waals surface area contributed by atoms with E-state index in [0.717, 1.165) is 6.07 Å². The maximum absolute atomic E-state index is 13.9. The largest absolute Gasteiger partial charge is 0.506 e. The molecule has 0 aliphatic rings. The Morgan fingerprint density at radius 3 is 2.68 bits per heavy atom. The Morgan fingerprint density at radius 2 is 1.95 bits per heavy atom. The summed E-state index contributed by atoms with van der Waals surface area (Å²) in [6.07, 6.45) is 1.48. The number of phenols is 1. The topological polar surface area (TPSA) is 83.3 Å². The molecule has 3 aromatic rings. The Kier molecular flexibility index (Phi) is 3.17.